The first-order valence-corrected chi connectivity index (χ1v) is 8.54. The molecule has 3 heterocycles. The standard InChI is InChI=1S/C19H19FN4O/c1-13-12-17(24-25-13)16-6-5-14(22-23-16)7-10-19(8-3-9-19)18-15(20)4-2-11-21-18/h2,4-6,11-12H,3,7-10H2,1H3. The lowest BCUT2D eigenvalue weighted by Gasteiger charge is -2.41. The van der Waals surface area contributed by atoms with E-state index in [0.717, 1.165) is 43.6 Å². The van der Waals surface area contributed by atoms with Gasteiger partial charge in [-0.1, -0.05) is 11.6 Å². The van der Waals surface area contributed by atoms with Gasteiger partial charge in [0.2, 0.25) is 0 Å². The van der Waals surface area contributed by atoms with Crippen LogP contribution in [0.15, 0.2) is 41.1 Å². The largest absolute Gasteiger partial charge is 0.361 e. The predicted molar refractivity (Wildman–Crippen MR) is 90.3 cm³/mol. The summed E-state index contributed by atoms with van der Waals surface area (Å²) in [5, 5.41) is 12.5. The molecule has 0 amide bonds. The molecule has 0 bridgehead atoms. The van der Waals surface area contributed by atoms with Crippen LogP contribution in [0.5, 0.6) is 0 Å². The number of hydrogen-bond donors (Lipinski definition) is 0. The molecule has 0 atom stereocenters. The minimum Gasteiger partial charge on any atom is -0.361 e. The summed E-state index contributed by atoms with van der Waals surface area (Å²) in [5.41, 5.74) is 2.71. The van der Waals surface area contributed by atoms with Gasteiger partial charge in [0.15, 0.2) is 0 Å². The number of pyridine rings is 1. The van der Waals surface area contributed by atoms with Gasteiger partial charge in [-0.15, -0.1) is 5.10 Å². The van der Waals surface area contributed by atoms with Crippen molar-refractivity contribution in [2.75, 3.05) is 0 Å². The maximum absolute atomic E-state index is 14.2. The van der Waals surface area contributed by atoms with E-state index in [9.17, 15) is 4.39 Å². The Kier molecular flexibility index (Phi) is 4.03. The van der Waals surface area contributed by atoms with E-state index in [-0.39, 0.29) is 11.2 Å². The summed E-state index contributed by atoms with van der Waals surface area (Å²) in [4.78, 5) is 4.31. The molecule has 4 rings (SSSR count). The minimum atomic E-state index is -0.204. The molecule has 0 N–H and O–H groups in total. The summed E-state index contributed by atoms with van der Waals surface area (Å²) < 4.78 is 19.2. The maximum Gasteiger partial charge on any atom is 0.145 e. The van der Waals surface area contributed by atoms with Crippen molar-refractivity contribution in [3.05, 3.63) is 59.5 Å². The Morgan fingerprint density at radius 1 is 1.16 bits per heavy atom. The molecular weight excluding hydrogens is 319 g/mol. The second-order valence-corrected chi connectivity index (χ2v) is 6.70. The van der Waals surface area contributed by atoms with Crippen molar-refractivity contribution in [3.8, 4) is 11.4 Å². The highest BCUT2D eigenvalue weighted by atomic mass is 19.1. The first-order valence-electron chi connectivity index (χ1n) is 8.54. The van der Waals surface area contributed by atoms with Gasteiger partial charge in [-0.2, -0.15) is 5.10 Å². The van der Waals surface area contributed by atoms with E-state index in [2.05, 4.69) is 20.3 Å². The zero-order valence-electron chi connectivity index (χ0n) is 14.1. The Balaban J connectivity index is 1.48. The molecule has 0 unspecified atom stereocenters. The average Bonchev–Trinajstić information content (AvgIpc) is 3.02. The van der Waals surface area contributed by atoms with Gasteiger partial charge in [0.25, 0.3) is 0 Å². The normalized spacial score (nSPS) is 15.8. The fourth-order valence-corrected chi connectivity index (χ4v) is 3.47. The predicted octanol–water partition coefficient (Wildman–Crippen LogP) is 4.03. The Labute approximate surface area is 145 Å². The zero-order chi connectivity index (χ0) is 17.3. The molecule has 1 saturated carbocycles. The molecule has 0 radical (unpaired) electrons. The summed E-state index contributed by atoms with van der Waals surface area (Å²) in [7, 11) is 0. The lowest BCUT2D eigenvalue weighted by Crippen LogP contribution is -2.36. The minimum absolute atomic E-state index is 0.158. The third kappa shape index (κ3) is 3.04. The van der Waals surface area contributed by atoms with E-state index in [1.807, 2.05) is 25.1 Å². The number of aryl methyl sites for hydroxylation is 2. The van der Waals surface area contributed by atoms with Crippen molar-refractivity contribution >= 4 is 0 Å². The van der Waals surface area contributed by atoms with Crippen LogP contribution in [0.25, 0.3) is 11.4 Å². The number of nitrogens with zero attached hydrogens (tertiary/aromatic N) is 4. The van der Waals surface area contributed by atoms with Crippen molar-refractivity contribution in [2.24, 2.45) is 0 Å². The van der Waals surface area contributed by atoms with Crippen LogP contribution < -0.4 is 0 Å². The molecule has 5 nitrogen and oxygen atoms in total. The Hall–Kier alpha value is -2.63. The van der Waals surface area contributed by atoms with Crippen LogP contribution >= 0.6 is 0 Å². The van der Waals surface area contributed by atoms with Crippen molar-refractivity contribution in [3.63, 3.8) is 0 Å². The molecule has 1 aliphatic rings. The van der Waals surface area contributed by atoms with Crippen molar-refractivity contribution < 1.29 is 8.91 Å². The third-order valence-corrected chi connectivity index (χ3v) is 5.04. The van der Waals surface area contributed by atoms with Crippen molar-refractivity contribution in [1.29, 1.82) is 0 Å². The molecule has 0 saturated heterocycles. The fourth-order valence-electron chi connectivity index (χ4n) is 3.47. The van der Waals surface area contributed by atoms with Gasteiger partial charge in [-0.25, -0.2) is 4.39 Å². The number of rotatable bonds is 5. The molecule has 0 aromatic carbocycles. The van der Waals surface area contributed by atoms with Gasteiger partial charge in [-0.05, 0) is 56.9 Å². The Bertz CT molecular complexity index is 871. The van der Waals surface area contributed by atoms with Crippen LogP contribution in [0.4, 0.5) is 4.39 Å². The van der Waals surface area contributed by atoms with E-state index >= 15 is 0 Å². The quantitative estimate of drug-likeness (QED) is 0.703. The smallest absolute Gasteiger partial charge is 0.145 e. The van der Waals surface area contributed by atoms with Gasteiger partial charge >= 0.3 is 0 Å². The summed E-state index contributed by atoms with van der Waals surface area (Å²) in [5.74, 6) is 0.537. The number of hydrogen-bond acceptors (Lipinski definition) is 5. The van der Waals surface area contributed by atoms with Crippen molar-refractivity contribution in [1.82, 2.24) is 20.3 Å². The Morgan fingerprint density at radius 2 is 2.04 bits per heavy atom. The van der Waals surface area contributed by atoms with E-state index in [1.165, 1.54) is 6.07 Å². The Morgan fingerprint density at radius 3 is 2.64 bits per heavy atom. The van der Waals surface area contributed by atoms with E-state index in [0.29, 0.717) is 17.1 Å². The topological polar surface area (TPSA) is 64.7 Å². The van der Waals surface area contributed by atoms with Crippen LogP contribution in [0.1, 0.15) is 42.8 Å². The maximum atomic E-state index is 14.2. The molecule has 6 heteroatoms. The average molecular weight is 338 g/mol. The first kappa shape index (κ1) is 15.9. The SMILES string of the molecule is Cc1cc(-c2ccc(CCC3(c4ncccc4F)CCC3)nn2)no1. The lowest BCUT2D eigenvalue weighted by molar-refractivity contribution is 0.210. The summed E-state index contributed by atoms with van der Waals surface area (Å²) in [6, 6.07) is 8.82. The summed E-state index contributed by atoms with van der Waals surface area (Å²) >= 11 is 0. The summed E-state index contributed by atoms with van der Waals surface area (Å²) in [6.07, 6.45) is 6.33. The molecule has 1 aliphatic carbocycles. The molecule has 3 aromatic heterocycles. The lowest BCUT2D eigenvalue weighted by atomic mass is 9.63. The van der Waals surface area contributed by atoms with Gasteiger partial charge in [0.05, 0.1) is 11.4 Å². The van der Waals surface area contributed by atoms with Gasteiger partial charge in [0, 0.05) is 17.7 Å². The zero-order valence-corrected chi connectivity index (χ0v) is 14.1. The van der Waals surface area contributed by atoms with E-state index in [4.69, 9.17) is 4.52 Å². The van der Waals surface area contributed by atoms with Gasteiger partial charge in [0.1, 0.15) is 23.0 Å². The third-order valence-electron chi connectivity index (χ3n) is 5.04. The molecule has 1 fully saturated rings. The van der Waals surface area contributed by atoms with Crippen LogP contribution in [0, 0.1) is 12.7 Å². The molecular formula is C19H19FN4O. The van der Waals surface area contributed by atoms with Gasteiger partial charge < -0.3 is 4.52 Å². The van der Waals surface area contributed by atoms with Crippen LogP contribution in [-0.2, 0) is 11.8 Å². The summed E-state index contributed by atoms with van der Waals surface area (Å²) in [6.45, 7) is 1.84. The van der Waals surface area contributed by atoms with E-state index < -0.39 is 0 Å². The molecule has 25 heavy (non-hydrogen) atoms. The fraction of sp³-hybridized carbons (Fsp3) is 0.368. The van der Waals surface area contributed by atoms with Crippen molar-refractivity contribution in [2.45, 2.75) is 44.4 Å². The molecule has 0 aliphatic heterocycles. The molecule has 0 spiro atoms. The highest BCUT2D eigenvalue weighted by Gasteiger charge is 2.41. The van der Waals surface area contributed by atoms with Crippen LogP contribution in [0.2, 0.25) is 0 Å². The second kappa shape index (κ2) is 6.35. The van der Waals surface area contributed by atoms with E-state index in [1.54, 1.807) is 12.3 Å². The first-order chi connectivity index (χ1) is 12.2. The number of halogens is 1. The van der Waals surface area contributed by atoms with Crippen LogP contribution in [-0.4, -0.2) is 20.3 Å². The molecule has 128 valence electrons. The molecule has 3 aromatic rings. The monoisotopic (exact) mass is 338 g/mol. The van der Waals surface area contributed by atoms with Gasteiger partial charge in [-0.3, -0.25) is 4.98 Å². The highest BCUT2D eigenvalue weighted by Crippen LogP contribution is 2.47. The second-order valence-electron chi connectivity index (χ2n) is 6.70. The number of aromatic nitrogens is 4. The van der Waals surface area contributed by atoms with Crippen LogP contribution in [0.3, 0.4) is 0 Å². The highest BCUT2D eigenvalue weighted by molar-refractivity contribution is 5.52.